The molecule has 3 aromatic rings. The maximum Gasteiger partial charge on any atom is 0.321 e. The highest BCUT2D eigenvalue weighted by atomic mass is 35.5. The van der Waals surface area contributed by atoms with Crippen molar-refractivity contribution in [3.8, 4) is 17.1 Å². The number of imide groups is 1. The van der Waals surface area contributed by atoms with Crippen LogP contribution in [0.25, 0.3) is 17.1 Å². The molecule has 3 rings (SSSR count). The zero-order chi connectivity index (χ0) is 21.7. The maximum atomic E-state index is 12.4. The first-order chi connectivity index (χ1) is 14.4. The normalized spacial score (nSPS) is 11.7. The molecule has 9 heteroatoms. The third kappa shape index (κ3) is 5.20. The number of nitrogens with zero attached hydrogens (tertiary/aromatic N) is 3. The van der Waals surface area contributed by atoms with Crippen molar-refractivity contribution in [3.63, 3.8) is 0 Å². The van der Waals surface area contributed by atoms with Crippen molar-refractivity contribution < 1.29 is 9.59 Å². The van der Waals surface area contributed by atoms with Crippen molar-refractivity contribution in [2.24, 2.45) is 0 Å². The van der Waals surface area contributed by atoms with Gasteiger partial charge in [-0.1, -0.05) is 47.1 Å². The van der Waals surface area contributed by atoms with E-state index in [2.05, 4.69) is 20.8 Å². The van der Waals surface area contributed by atoms with E-state index in [1.54, 1.807) is 26.0 Å². The number of aromatic nitrogens is 3. The average molecular weight is 444 g/mol. The smallest absolute Gasteiger partial charge is 0.321 e. The zero-order valence-electron chi connectivity index (χ0n) is 16.8. The summed E-state index contributed by atoms with van der Waals surface area (Å²) in [5.74, 6) is 0.244. The summed E-state index contributed by atoms with van der Waals surface area (Å²) in [6, 6.07) is 14.8. The summed E-state index contributed by atoms with van der Waals surface area (Å²) in [6.45, 7) is 5.94. The van der Waals surface area contributed by atoms with Crippen LogP contribution >= 0.6 is 23.4 Å². The standard InChI is InChI=1S/C21H22ClN5O2S/c1-4-23-20(29)24-19(28)14(3)30-21-26-25-18(15-7-5-6-13(2)12-15)27(21)17-10-8-16(22)9-11-17/h5-12,14H,4H2,1-3H3,(H2,23,24,28,29). The maximum absolute atomic E-state index is 12.4. The van der Waals surface area contributed by atoms with Crippen molar-refractivity contribution >= 4 is 35.3 Å². The summed E-state index contributed by atoms with van der Waals surface area (Å²) in [6.07, 6.45) is 0. The third-order valence-electron chi connectivity index (χ3n) is 4.22. The van der Waals surface area contributed by atoms with Gasteiger partial charge in [-0.05, 0) is 51.1 Å². The molecule has 0 aliphatic carbocycles. The summed E-state index contributed by atoms with van der Waals surface area (Å²) in [5.41, 5.74) is 2.82. The molecule has 30 heavy (non-hydrogen) atoms. The highest BCUT2D eigenvalue weighted by Gasteiger charge is 2.23. The van der Waals surface area contributed by atoms with Crippen LogP contribution in [0.1, 0.15) is 19.4 Å². The Bertz CT molecular complexity index is 1050. The molecular formula is C21H22ClN5O2S. The first-order valence-corrected chi connectivity index (χ1v) is 10.7. The van der Waals surface area contributed by atoms with Crippen molar-refractivity contribution in [1.29, 1.82) is 0 Å². The Morgan fingerprint density at radius 3 is 2.57 bits per heavy atom. The average Bonchev–Trinajstić information content (AvgIpc) is 3.12. The lowest BCUT2D eigenvalue weighted by Crippen LogP contribution is -2.42. The highest BCUT2D eigenvalue weighted by molar-refractivity contribution is 8.00. The molecule has 156 valence electrons. The minimum Gasteiger partial charge on any atom is -0.338 e. The topological polar surface area (TPSA) is 88.9 Å². The minimum atomic E-state index is -0.562. The van der Waals surface area contributed by atoms with Gasteiger partial charge in [0.05, 0.1) is 5.25 Å². The van der Waals surface area contributed by atoms with Crippen LogP contribution in [-0.4, -0.2) is 38.5 Å². The molecule has 3 amide bonds. The van der Waals surface area contributed by atoms with E-state index >= 15 is 0 Å². The fraction of sp³-hybridized carbons (Fsp3) is 0.238. The molecule has 0 fully saturated rings. The van der Waals surface area contributed by atoms with Crippen LogP contribution < -0.4 is 10.6 Å². The SMILES string of the molecule is CCNC(=O)NC(=O)C(C)Sc1nnc(-c2cccc(C)c2)n1-c1ccc(Cl)cc1. The van der Waals surface area contributed by atoms with E-state index in [1.807, 2.05) is 47.9 Å². The molecule has 1 unspecified atom stereocenters. The Kier molecular flexibility index (Phi) is 7.12. The van der Waals surface area contributed by atoms with Crippen LogP contribution in [0.2, 0.25) is 5.02 Å². The molecule has 2 aromatic carbocycles. The molecule has 0 bridgehead atoms. The molecule has 1 heterocycles. The quantitative estimate of drug-likeness (QED) is 0.557. The fourth-order valence-corrected chi connectivity index (χ4v) is 3.76. The number of hydrogen-bond donors (Lipinski definition) is 2. The number of amides is 3. The van der Waals surface area contributed by atoms with Gasteiger partial charge in [0.1, 0.15) is 0 Å². The van der Waals surface area contributed by atoms with Crippen LogP contribution in [0.5, 0.6) is 0 Å². The van der Waals surface area contributed by atoms with Gasteiger partial charge in [0, 0.05) is 22.8 Å². The summed E-state index contributed by atoms with van der Waals surface area (Å²) < 4.78 is 1.88. The summed E-state index contributed by atoms with van der Waals surface area (Å²) in [4.78, 5) is 24.0. The van der Waals surface area contributed by atoms with Crippen molar-refractivity contribution in [1.82, 2.24) is 25.4 Å². The van der Waals surface area contributed by atoms with Gasteiger partial charge in [-0.15, -0.1) is 10.2 Å². The summed E-state index contributed by atoms with van der Waals surface area (Å²) >= 11 is 7.28. The van der Waals surface area contributed by atoms with Gasteiger partial charge >= 0.3 is 6.03 Å². The molecule has 0 saturated heterocycles. The number of carbonyl (C=O) groups is 2. The predicted molar refractivity (Wildman–Crippen MR) is 119 cm³/mol. The van der Waals surface area contributed by atoms with Crippen LogP contribution in [0, 0.1) is 6.92 Å². The molecule has 2 N–H and O–H groups in total. The van der Waals surface area contributed by atoms with E-state index in [0.717, 1.165) is 16.8 Å². The number of aryl methyl sites for hydroxylation is 1. The van der Waals surface area contributed by atoms with Gasteiger partial charge in [-0.25, -0.2) is 4.79 Å². The highest BCUT2D eigenvalue weighted by Crippen LogP contribution is 2.31. The van der Waals surface area contributed by atoms with Gasteiger partial charge in [0.15, 0.2) is 11.0 Å². The van der Waals surface area contributed by atoms with Crippen LogP contribution in [0.3, 0.4) is 0 Å². The van der Waals surface area contributed by atoms with Gasteiger partial charge < -0.3 is 5.32 Å². The second-order valence-electron chi connectivity index (χ2n) is 6.60. The van der Waals surface area contributed by atoms with E-state index in [9.17, 15) is 9.59 Å². The lowest BCUT2D eigenvalue weighted by atomic mass is 10.1. The van der Waals surface area contributed by atoms with E-state index in [0.29, 0.717) is 22.5 Å². The Morgan fingerprint density at radius 2 is 1.90 bits per heavy atom. The molecule has 1 aromatic heterocycles. The lowest BCUT2D eigenvalue weighted by Gasteiger charge is -2.14. The fourth-order valence-electron chi connectivity index (χ4n) is 2.77. The van der Waals surface area contributed by atoms with Crippen molar-refractivity contribution in [2.75, 3.05) is 6.54 Å². The van der Waals surface area contributed by atoms with Gasteiger partial charge in [0.2, 0.25) is 5.91 Å². The second kappa shape index (κ2) is 9.77. The van der Waals surface area contributed by atoms with E-state index in [-0.39, 0.29) is 0 Å². The van der Waals surface area contributed by atoms with Crippen molar-refractivity contribution in [2.45, 2.75) is 31.2 Å². The van der Waals surface area contributed by atoms with Crippen LogP contribution in [0.4, 0.5) is 4.79 Å². The Labute approximate surface area is 184 Å². The molecule has 0 aliphatic rings. The van der Waals surface area contributed by atoms with Crippen LogP contribution in [0.15, 0.2) is 53.7 Å². The van der Waals surface area contributed by atoms with Crippen LogP contribution in [-0.2, 0) is 4.79 Å². The summed E-state index contributed by atoms with van der Waals surface area (Å²) in [5, 5.41) is 14.2. The van der Waals surface area contributed by atoms with E-state index in [1.165, 1.54) is 11.8 Å². The Balaban J connectivity index is 1.95. The van der Waals surface area contributed by atoms with Gasteiger partial charge in [-0.3, -0.25) is 14.7 Å². The second-order valence-corrected chi connectivity index (χ2v) is 8.34. The third-order valence-corrected chi connectivity index (χ3v) is 5.51. The number of carbonyl (C=O) groups excluding carboxylic acids is 2. The number of benzene rings is 2. The first kappa shape index (κ1) is 21.9. The summed E-state index contributed by atoms with van der Waals surface area (Å²) in [7, 11) is 0. The van der Waals surface area contributed by atoms with Gasteiger partial charge in [0.25, 0.3) is 0 Å². The number of urea groups is 1. The number of nitrogens with one attached hydrogen (secondary N) is 2. The van der Waals surface area contributed by atoms with Gasteiger partial charge in [-0.2, -0.15) is 0 Å². The molecule has 1 atom stereocenters. The monoisotopic (exact) mass is 443 g/mol. The van der Waals surface area contributed by atoms with Crippen molar-refractivity contribution in [3.05, 3.63) is 59.1 Å². The Morgan fingerprint density at radius 1 is 1.17 bits per heavy atom. The molecule has 0 radical (unpaired) electrons. The molecule has 0 saturated carbocycles. The van der Waals surface area contributed by atoms with E-state index in [4.69, 9.17) is 11.6 Å². The molecule has 7 nitrogen and oxygen atoms in total. The zero-order valence-corrected chi connectivity index (χ0v) is 18.4. The Hall–Kier alpha value is -2.84. The molecular weight excluding hydrogens is 422 g/mol. The molecule has 0 spiro atoms. The predicted octanol–water partition coefficient (Wildman–Crippen LogP) is 4.22. The molecule has 0 aliphatic heterocycles. The minimum absolute atomic E-state index is 0.409. The largest absolute Gasteiger partial charge is 0.338 e. The van der Waals surface area contributed by atoms with E-state index < -0.39 is 17.2 Å². The number of thioether (sulfide) groups is 1. The number of rotatable bonds is 6. The lowest BCUT2D eigenvalue weighted by molar-refractivity contribution is -0.119. The number of hydrogen-bond acceptors (Lipinski definition) is 5. The first-order valence-electron chi connectivity index (χ1n) is 9.42. The number of halogens is 1.